The molecule has 6 heteroatoms. The van der Waals surface area contributed by atoms with Gasteiger partial charge in [0, 0.05) is 30.2 Å². The molecule has 2 rings (SSSR count). The van der Waals surface area contributed by atoms with Crippen LogP contribution in [0, 0.1) is 0 Å². The van der Waals surface area contributed by atoms with Gasteiger partial charge in [0.2, 0.25) is 5.91 Å². The minimum atomic E-state index is -0.348. The number of nitrogen functional groups attached to an aromatic ring is 1. The fourth-order valence-corrected chi connectivity index (χ4v) is 1.96. The number of nitrogens with zero attached hydrogens (tertiary/aromatic N) is 3. The van der Waals surface area contributed by atoms with Crippen LogP contribution in [0.15, 0.2) is 31.0 Å². The normalized spacial score (nSPS) is 12.1. The molecule has 20 heavy (non-hydrogen) atoms. The number of nitrogens with two attached hydrogens (primary N) is 1. The number of nitrogens with one attached hydrogen (secondary N) is 1. The van der Waals surface area contributed by atoms with Crippen molar-refractivity contribution in [3.05, 3.63) is 31.0 Å². The van der Waals surface area contributed by atoms with Gasteiger partial charge in [0.05, 0.1) is 18.2 Å². The molecular formula is C14H19N5O. The number of imidazole rings is 1. The molecule has 2 aromatic heterocycles. The number of carbonyl (C=O) groups excluding carboxylic acids is 1. The molecule has 0 aliphatic rings. The summed E-state index contributed by atoms with van der Waals surface area (Å²) in [5.74, 6) is -0.0337. The van der Waals surface area contributed by atoms with E-state index >= 15 is 0 Å². The Kier molecular flexibility index (Phi) is 4.34. The molecule has 1 atom stereocenters. The molecule has 2 heterocycles. The van der Waals surface area contributed by atoms with Gasteiger partial charge in [-0.05, 0) is 19.4 Å². The second kappa shape index (κ2) is 6.18. The van der Waals surface area contributed by atoms with Crippen LogP contribution in [0.25, 0.3) is 11.3 Å². The first-order chi connectivity index (χ1) is 9.65. The number of aromatic nitrogens is 3. The van der Waals surface area contributed by atoms with Crippen LogP contribution in [-0.2, 0) is 4.79 Å². The largest absolute Gasteiger partial charge is 0.398 e. The molecule has 0 aliphatic carbocycles. The standard InChI is InChI=1S/C14H19N5O/c1-3-5-18-14(20)10(2)19-9-17-8-13(19)11-7-16-6-4-12(11)15/h4,6-10H,3,5H2,1-2H3,(H2,15,16)(H,18,20). The van der Waals surface area contributed by atoms with E-state index < -0.39 is 0 Å². The molecule has 0 saturated carbocycles. The molecule has 0 aromatic carbocycles. The lowest BCUT2D eigenvalue weighted by atomic mass is 10.1. The molecule has 0 bridgehead atoms. The van der Waals surface area contributed by atoms with E-state index in [4.69, 9.17) is 5.73 Å². The quantitative estimate of drug-likeness (QED) is 0.866. The van der Waals surface area contributed by atoms with Crippen molar-refractivity contribution >= 4 is 11.6 Å². The van der Waals surface area contributed by atoms with E-state index in [9.17, 15) is 4.79 Å². The molecule has 6 nitrogen and oxygen atoms in total. The van der Waals surface area contributed by atoms with Crippen molar-refractivity contribution in [2.75, 3.05) is 12.3 Å². The van der Waals surface area contributed by atoms with Crippen LogP contribution >= 0.6 is 0 Å². The van der Waals surface area contributed by atoms with Gasteiger partial charge in [0.1, 0.15) is 6.04 Å². The van der Waals surface area contributed by atoms with Gasteiger partial charge in [-0.25, -0.2) is 4.98 Å². The monoisotopic (exact) mass is 273 g/mol. The molecule has 106 valence electrons. The van der Waals surface area contributed by atoms with Crippen LogP contribution < -0.4 is 11.1 Å². The lowest BCUT2D eigenvalue weighted by Crippen LogP contribution is -2.31. The summed E-state index contributed by atoms with van der Waals surface area (Å²) in [7, 11) is 0. The molecule has 0 saturated heterocycles. The lowest BCUT2D eigenvalue weighted by Gasteiger charge is -2.16. The summed E-state index contributed by atoms with van der Waals surface area (Å²) in [5, 5.41) is 2.88. The van der Waals surface area contributed by atoms with Crippen molar-refractivity contribution in [2.45, 2.75) is 26.3 Å². The zero-order valence-corrected chi connectivity index (χ0v) is 11.7. The topological polar surface area (TPSA) is 85.8 Å². The number of hydrogen-bond donors (Lipinski definition) is 2. The predicted molar refractivity (Wildman–Crippen MR) is 77.9 cm³/mol. The third-order valence-corrected chi connectivity index (χ3v) is 3.14. The van der Waals surface area contributed by atoms with Crippen molar-refractivity contribution in [1.29, 1.82) is 0 Å². The zero-order chi connectivity index (χ0) is 14.5. The van der Waals surface area contributed by atoms with Gasteiger partial charge in [-0.3, -0.25) is 9.78 Å². The Morgan fingerprint density at radius 2 is 2.25 bits per heavy atom. The maximum atomic E-state index is 12.1. The van der Waals surface area contributed by atoms with Crippen molar-refractivity contribution in [3.63, 3.8) is 0 Å². The van der Waals surface area contributed by atoms with Gasteiger partial charge >= 0.3 is 0 Å². The number of amides is 1. The van der Waals surface area contributed by atoms with E-state index in [1.165, 1.54) is 0 Å². The molecule has 1 unspecified atom stereocenters. The summed E-state index contributed by atoms with van der Waals surface area (Å²) >= 11 is 0. The molecule has 0 radical (unpaired) electrons. The Bertz CT molecular complexity index is 593. The minimum absolute atomic E-state index is 0.0337. The summed E-state index contributed by atoms with van der Waals surface area (Å²) in [6.45, 7) is 4.52. The van der Waals surface area contributed by atoms with E-state index in [-0.39, 0.29) is 11.9 Å². The average Bonchev–Trinajstić information content (AvgIpc) is 2.93. The molecule has 0 aliphatic heterocycles. The SMILES string of the molecule is CCCNC(=O)C(C)n1cncc1-c1cnccc1N. The lowest BCUT2D eigenvalue weighted by molar-refractivity contribution is -0.123. The predicted octanol–water partition coefficient (Wildman–Crippen LogP) is 1.61. The van der Waals surface area contributed by atoms with E-state index in [2.05, 4.69) is 15.3 Å². The summed E-state index contributed by atoms with van der Waals surface area (Å²) in [6, 6.07) is 1.38. The highest BCUT2D eigenvalue weighted by molar-refractivity contribution is 5.81. The van der Waals surface area contributed by atoms with E-state index in [0.29, 0.717) is 12.2 Å². The first kappa shape index (κ1) is 14.0. The van der Waals surface area contributed by atoms with Gasteiger partial charge in [-0.2, -0.15) is 0 Å². The smallest absolute Gasteiger partial charge is 0.242 e. The Balaban J connectivity index is 2.29. The van der Waals surface area contributed by atoms with E-state index in [0.717, 1.165) is 17.7 Å². The van der Waals surface area contributed by atoms with Crippen LogP contribution in [0.4, 0.5) is 5.69 Å². The number of anilines is 1. The number of hydrogen-bond acceptors (Lipinski definition) is 4. The Hall–Kier alpha value is -2.37. The average molecular weight is 273 g/mol. The van der Waals surface area contributed by atoms with Crippen LogP contribution in [0.1, 0.15) is 26.3 Å². The van der Waals surface area contributed by atoms with Crippen LogP contribution in [-0.4, -0.2) is 27.0 Å². The third-order valence-electron chi connectivity index (χ3n) is 3.14. The highest BCUT2D eigenvalue weighted by Crippen LogP contribution is 2.26. The molecule has 0 spiro atoms. The van der Waals surface area contributed by atoms with Crippen LogP contribution in [0.2, 0.25) is 0 Å². The third kappa shape index (κ3) is 2.79. The second-order valence-electron chi connectivity index (χ2n) is 4.62. The molecule has 2 aromatic rings. The Morgan fingerprint density at radius 1 is 1.45 bits per heavy atom. The number of carbonyl (C=O) groups is 1. The first-order valence-electron chi connectivity index (χ1n) is 6.64. The summed E-state index contributed by atoms with van der Waals surface area (Å²) in [6.07, 6.45) is 7.55. The van der Waals surface area contributed by atoms with Crippen molar-refractivity contribution < 1.29 is 4.79 Å². The summed E-state index contributed by atoms with van der Waals surface area (Å²) < 4.78 is 1.80. The number of rotatable bonds is 5. The van der Waals surface area contributed by atoms with Gasteiger partial charge in [-0.15, -0.1) is 0 Å². The zero-order valence-electron chi connectivity index (χ0n) is 11.7. The molecule has 0 fully saturated rings. The maximum absolute atomic E-state index is 12.1. The van der Waals surface area contributed by atoms with Crippen molar-refractivity contribution in [2.24, 2.45) is 0 Å². The highest BCUT2D eigenvalue weighted by Gasteiger charge is 2.18. The maximum Gasteiger partial charge on any atom is 0.242 e. The fraction of sp³-hybridized carbons (Fsp3) is 0.357. The highest BCUT2D eigenvalue weighted by atomic mass is 16.2. The molecule has 3 N–H and O–H groups in total. The Morgan fingerprint density at radius 3 is 2.95 bits per heavy atom. The van der Waals surface area contributed by atoms with Gasteiger partial charge in [-0.1, -0.05) is 6.92 Å². The van der Waals surface area contributed by atoms with Gasteiger partial charge in [0.25, 0.3) is 0 Å². The first-order valence-corrected chi connectivity index (χ1v) is 6.64. The molecule has 1 amide bonds. The van der Waals surface area contributed by atoms with Gasteiger partial charge < -0.3 is 15.6 Å². The fourth-order valence-electron chi connectivity index (χ4n) is 1.96. The van der Waals surface area contributed by atoms with Crippen LogP contribution in [0.5, 0.6) is 0 Å². The number of pyridine rings is 1. The van der Waals surface area contributed by atoms with Crippen LogP contribution in [0.3, 0.4) is 0 Å². The van der Waals surface area contributed by atoms with Crippen molar-refractivity contribution in [1.82, 2.24) is 19.9 Å². The van der Waals surface area contributed by atoms with E-state index in [1.54, 1.807) is 35.6 Å². The Labute approximate surface area is 118 Å². The minimum Gasteiger partial charge on any atom is -0.398 e. The molecular weight excluding hydrogens is 254 g/mol. The summed E-state index contributed by atoms with van der Waals surface area (Å²) in [4.78, 5) is 20.3. The second-order valence-corrected chi connectivity index (χ2v) is 4.62. The summed E-state index contributed by atoms with van der Waals surface area (Å²) in [5.41, 5.74) is 8.13. The van der Waals surface area contributed by atoms with Crippen molar-refractivity contribution in [3.8, 4) is 11.3 Å². The van der Waals surface area contributed by atoms with E-state index in [1.807, 2.05) is 13.8 Å². The van der Waals surface area contributed by atoms with Gasteiger partial charge in [0.15, 0.2) is 0 Å².